The van der Waals surface area contributed by atoms with E-state index in [0.29, 0.717) is 5.41 Å². The Morgan fingerprint density at radius 2 is 1.71 bits per heavy atom. The van der Waals surface area contributed by atoms with Gasteiger partial charge in [0.1, 0.15) is 0 Å². The molecular formula is C14H22. The lowest BCUT2D eigenvalue weighted by Crippen LogP contribution is -2.86. The van der Waals surface area contributed by atoms with Crippen LogP contribution in [-0.2, 0) is 0 Å². The highest BCUT2D eigenvalue weighted by Gasteiger charge is 2.88. The summed E-state index contributed by atoms with van der Waals surface area (Å²) in [6, 6.07) is 0. The summed E-state index contributed by atoms with van der Waals surface area (Å²) >= 11 is 0. The summed E-state index contributed by atoms with van der Waals surface area (Å²) in [6.07, 6.45) is 6.25. The highest BCUT2D eigenvalue weighted by molar-refractivity contribution is 5.36. The molecule has 0 aromatic carbocycles. The van der Waals surface area contributed by atoms with Crippen LogP contribution in [0, 0.1) is 33.5 Å². The summed E-state index contributed by atoms with van der Waals surface area (Å²) in [7, 11) is 0. The van der Waals surface area contributed by atoms with E-state index in [4.69, 9.17) is 0 Å². The summed E-state index contributed by atoms with van der Waals surface area (Å²) in [5, 5.41) is 0. The molecule has 7 rings (SSSR count). The molecule has 0 heterocycles. The van der Waals surface area contributed by atoms with Gasteiger partial charge in [-0.3, -0.25) is 0 Å². The van der Waals surface area contributed by atoms with Gasteiger partial charge in [0.2, 0.25) is 0 Å². The molecule has 7 aliphatic carbocycles. The lowest BCUT2D eigenvalue weighted by atomic mass is 9.11. The minimum absolute atomic E-state index is 0.709. The topological polar surface area (TPSA) is 0 Å². The summed E-state index contributed by atoms with van der Waals surface area (Å²) in [4.78, 5) is 0. The lowest BCUT2D eigenvalue weighted by molar-refractivity contribution is -0.449. The van der Waals surface area contributed by atoms with Gasteiger partial charge in [-0.2, -0.15) is 0 Å². The van der Waals surface area contributed by atoms with Crippen LogP contribution in [0.2, 0.25) is 0 Å². The van der Waals surface area contributed by atoms with Gasteiger partial charge < -0.3 is 0 Å². The largest absolute Gasteiger partial charge is 0.0617 e. The molecule has 5 bridgehead atoms. The third-order valence-electron chi connectivity index (χ3n) is 7.92. The smallest absolute Gasteiger partial charge is 0.0158 e. The highest BCUT2D eigenvalue weighted by Crippen LogP contribution is 2.95. The molecule has 0 saturated heterocycles. The zero-order valence-corrected chi connectivity index (χ0v) is 9.98. The first-order valence-electron chi connectivity index (χ1n) is 6.39. The maximum Gasteiger partial charge on any atom is -0.0158 e. The SMILES string of the molecule is CC1C2CC3(C)CC4(C2)CC1(C)C34C. The van der Waals surface area contributed by atoms with E-state index in [1.807, 2.05) is 0 Å². The predicted molar refractivity (Wildman–Crippen MR) is 57.9 cm³/mol. The molecule has 1 spiro atoms. The first-order chi connectivity index (χ1) is 6.39. The van der Waals surface area contributed by atoms with Gasteiger partial charge >= 0.3 is 0 Å². The number of hydrogen-bond acceptors (Lipinski definition) is 0. The molecule has 6 unspecified atom stereocenters. The Morgan fingerprint density at radius 1 is 1.00 bits per heavy atom. The average Bonchev–Trinajstić information content (AvgIpc) is 2.11. The maximum absolute atomic E-state index is 2.63. The quantitative estimate of drug-likeness (QED) is 0.544. The van der Waals surface area contributed by atoms with Gasteiger partial charge in [-0.1, -0.05) is 27.7 Å². The molecular weight excluding hydrogens is 168 g/mol. The Kier molecular flexibility index (Phi) is 0.947. The van der Waals surface area contributed by atoms with Crippen molar-refractivity contribution in [3.05, 3.63) is 0 Å². The van der Waals surface area contributed by atoms with E-state index in [2.05, 4.69) is 27.7 Å². The van der Waals surface area contributed by atoms with Crippen LogP contribution in [0.1, 0.15) is 53.4 Å². The minimum Gasteiger partial charge on any atom is -0.0617 e. The van der Waals surface area contributed by atoms with Gasteiger partial charge in [0.25, 0.3) is 0 Å². The second-order valence-electron chi connectivity index (χ2n) is 7.69. The Labute approximate surface area is 87.5 Å². The number of hydrogen-bond donors (Lipinski definition) is 0. The summed E-state index contributed by atoms with van der Waals surface area (Å²) < 4.78 is 0. The van der Waals surface area contributed by atoms with Crippen LogP contribution in [0.25, 0.3) is 0 Å². The first-order valence-corrected chi connectivity index (χ1v) is 6.39. The molecule has 14 heavy (non-hydrogen) atoms. The van der Waals surface area contributed by atoms with Crippen molar-refractivity contribution in [2.24, 2.45) is 33.5 Å². The summed E-state index contributed by atoms with van der Waals surface area (Å²) in [5.41, 5.74) is 2.99. The van der Waals surface area contributed by atoms with Gasteiger partial charge in [0.15, 0.2) is 0 Å². The molecule has 0 N–H and O–H groups in total. The van der Waals surface area contributed by atoms with Crippen LogP contribution in [0.3, 0.4) is 0 Å². The molecule has 6 atom stereocenters. The fourth-order valence-corrected chi connectivity index (χ4v) is 7.21. The first kappa shape index (κ1) is 8.19. The molecule has 7 fully saturated rings. The van der Waals surface area contributed by atoms with Crippen LogP contribution in [0.4, 0.5) is 0 Å². The second-order valence-corrected chi connectivity index (χ2v) is 7.69. The van der Waals surface area contributed by atoms with Crippen LogP contribution in [0.15, 0.2) is 0 Å². The molecule has 0 nitrogen and oxygen atoms in total. The van der Waals surface area contributed by atoms with Gasteiger partial charge in [0.05, 0.1) is 0 Å². The van der Waals surface area contributed by atoms with E-state index in [1.54, 1.807) is 25.7 Å². The standard InChI is InChI=1S/C14H22/c1-9-10-5-11(2)7-14(6-10)8-12(9,3)13(11,14)4/h9-10H,5-8H2,1-4H3. The van der Waals surface area contributed by atoms with E-state index in [9.17, 15) is 0 Å². The van der Waals surface area contributed by atoms with E-state index in [1.165, 1.54) is 0 Å². The van der Waals surface area contributed by atoms with Crippen molar-refractivity contribution in [2.75, 3.05) is 0 Å². The molecule has 0 aromatic rings. The van der Waals surface area contributed by atoms with Gasteiger partial charge in [-0.25, -0.2) is 0 Å². The maximum atomic E-state index is 2.63. The zero-order valence-electron chi connectivity index (χ0n) is 9.98. The van der Waals surface area contributed by atoms with Crippen molar-refractivity contribution in [1.82, 2.24) is 0 Å². The van der Waals surface area contributed by atoms with Crippen molar-refractivity contribution in [1.29, 1.82) is 0 Å². The van der Waals surface area contributed by atoms with E-state index in [0.717, 1.165) is 28.1 Å². The Morgan fingerprint density at radius 3 is 2.29 bits per heavy atom. The Balaban J connectivity index is 1.95. The van der Waals surface area contributed by atoms with Crippen LogP contribution < -0.4 is 0 Å². The van der Waals surface area contributed by atoms with Crippen LogP contribution >= 0.6 is 0 Å². The molecule has 0 radical (unpaired) electrons. The third-order valence-corrected chi connectivity index (χ3v) is 7.92. The zero-order chi connectivity index (χ0) is 9.98. The summed E-state index contributed by atoms with van der Waals surface area (Å²) in [5.74, 6) is 2.08. The monoisotopic (exact) mass is 190 g/mol. The molecule has 0 aliphatic heterocycles. The molecule has 78 valence electrons. The van der Waals surface area contributed by atoms with E-state index in [-0.39, 0.29) is 0 Å². The van der Waals surface area contributed by atoms with Gasteiger partial charge in [-0.15, -0.1) is 0 Å². The van der Waals surface area contributed by atoms with Crippen molar-refractivity contribution >= 4 is 0 Å². The van der Waals surface area contributed by atoms with Gasteiger partial charge in [-0.05, 0) is 59.2 Å². The third kappa shape index (κ3) is 0.417. The van der Waals surface area contributed by atoms with Gasteiger partial charge in [0, 0.05) is 0 Å². The van der Waals surface area contributed by atoms with Crippen molar-refractivity contribution in [2.45, 2.75) is 53.4 Å². The highest BCUT2D eigenvalue weighted by atomic mass is 14.9. The Hall–Kier alpha value is 0. The van der Waals surface area contributed by atoms with E-state index < -0.39 is 0 Å². The molecule has 0 heteroatoms. The number of rotatable bonds is 0. The lowest BCUT2D eigenvalue weighted by Gasteiger charge is -2.93. The molecule has 0 amide bonds. The van der Waals surface area contributed by atoms with Crippen LogP contribution in [0.5, 0.6) is 0 Å². The van der Waals surface area contributed by atoms with Crippen molar-refractivity contribution in [3.63, 3.8) is 0 Å². The minimum atomic E-state index is 0.709. The fraction of sp³-hybridized carbons (Fsp3) is 1.00. The normalized spacial score (nSPS) is 78.0. The Bertz CT molecular complexity index is 326. The molecule has 7 saturated carbocycles. The van der Waals surface area contributed by atoms with E-state index >= 15 is 0 Å². The van der Waals surface area contributed by atoms with Crippen molar-refractivity contribution in [3.8, 4) is 0 Å². The summed E-state index contributed by atoms with van der Waals surface area (Å²) in [6.45, 7) is 10.3. The second kappa shape index (κ2) is 1.62. The average molecular weight is 190 g/mol. The van der Waals surface area contributed by atoms with Crippen molar-refractivity contribution < 1.29 is 0 Å². The predicted octanol–water partition coefficient (Wildman–Crippen LogP) is 3.86. The van der Waals surface area contributed by atoms with Crippen LogP contribution in [-0.4, -0.2) is 0 Å². The molecule has 7 aliphatic rings. The molecule has 0 aromatic heterocycles. The fourth-order valence-electron chi connectivity index (χ4n) is 7.21.